The van der Waals surface area contributed by atoms with Crippen molar-refractivity contribution in [2.75, 3.05) is 10.6 Å². The number of carbonyl (C=O) groups is 1. The van der Waals surface area contributed by atoms with Crippen molar-refractivity contribution in [3.05, 3.63) is 88.2 Å². The normalized spacial score (nSPS) is 14.4. The van der Waals surface area contributed by atoms with Crippen molar-refractivity contribution in [2.45, 2.75) is 57.7 Å². The predicted octanol–water partition coefficient (Wildman–Crippen LogP) is 6.85. The number of nitrogens with one attached hydrogen (secondary N) is 4. The summed E-state index contributed by atoms with van der Waals surface area (Å²) in [5, 5.41) is 18.1. The molecule has 1 aliphatic carbocycles. The Bertz CT molecular complexity index is 1390. The zero-order chi connectivity index (χ0) is 27.7. The number of benzene rings is 2. The van der Waals surface area contributed by atoms with Crippen LogP contribution in [-0.4, -0.2) is 32.1 Å². The van der Waals surface area contributed by atoms with Crippen molar-refractivity contribution in [3.63, 3.8) is 0 Å². The number of rotatable bonds is 11. The van der Waals surface area contributed by atoms with Gasteiger partial charge in [-0.1, -0.05) is 79.6 Å². The first-order valence-electron chi connectivity index (χ1n) is 13.7. The van der Waals surface area contributed by atoms with Gasteiger partial charge in [-0.2, -0.15) is 10.1 Å². The fourth-order valence-electron chi connectivity index (χ4n) is 5.05. The van der Waals surface area contributed by atoms with Gasteiger partial charge in [-0.25, -0.2) is 4.98 Å². The summed E-state index contributed by atoms with van der Waals surface area (Å²) in [6.45, 7) is 0.928. The summed E-state index contributed by atoms with van der Waals surface area (Å²) >= 11 is 12.2. The molecule has 4 N–H and O–H groups in total. The molecule has 1 aliphatic rings. The van der Waals surface area contributed by atoms with Gasteiger partial charge in [0.15, 0.2) is 0 Å². The van der Waals surface area contributed by atoms with Crippen LogP contribution < -0.4 is 16.0 Å². The monoisotopic (exact) mass is 577 g/mol. The van der Waals surface area contributed by atoms with Crippen molar-refractivity contribution in [1.29, 1.82) is 0 Å². The molecular formula is C30H33Cl2N7O. The fraction of sp³-hybridized carbons (Fsp3) is 0.333. The maximum Gasteiger partial charge on any atom is 0.242 e. The van der Waals surface area contributed by atoms with Gasteiger partial charge in [0.05, 0.1) is 11.9 Å². The molecule has 2 aromatic carbocycles. The van der Waals surface area contributed by atoms with Gasteiger partial charge < -0.3 is 16.0 Å². The number of H-pyrrole nitrogens is 1. The van der Waals surface area contributed by atoms with Gasteiger partial charge in [0.1, 0.15) is 11.9 Å². The molecule has 208 valence electrons. The summed E-state index contributed by atoms with van der Waals surface area (Å²) in [7, 11) is 0. The Labute approximate surface area is 244 Å². The zero-order valence-corrected chi connectivity index (χ0v) is 23.7. The number of nitrogens with zero attached hydrogens (tertiary/aromatic N) is 3. The maximum absolute atomic E-state index is 13.5. The van der Waals surface area contributed by atoms with Crippen LogP contribution in [-0.2, 0) is 17.9 Å². The molecule has 2 heterocycles. The quantitative estimate of drug-likeness (QED) is 0.155. The molecule has 8 nitrogen and oxygen atoms in total. The third-order valence-electron chi connectivity index (χ3n) is 7.17. The number of aromatic amines is 1. The summed E-state index contributed by atoms with van der Waals surface area (Å²) in [5.74, 6) is 1.45. The highest BCUT2D eigenvalue weighted by Gasteiger charge is 2.25. The lowest BCUT2D eigenvalue weighted by Gasteiger charge is -2.27. The van der Waals surface area contributed by atoms with E-state index in [9.17, 15) is 4.79 Å². The number of amides is 1. The molecule has 0 spiro atoms. The molecule has 1 amide bonds. The molecule has 10 heteroatoms. The number of anilines is 2. The molecule has 4 aromatic rings. The third kappa shape index (κ3) is 7.96. The predicted molar refractivity (Wildman–Crippen MR) is 160 cm³/mol. The Kier molecular flexibility index (Phi) is 9.52. The van der Waals surface area contributed by atoms with Crippen LogP contribution in [0.25, 0.3) is 11.3 Å². The first kappa shape index (κ1) is 27.9. The zero-order valence-electron chi connectivity index (χ0n) is 22.2. The Balaban J connectivity index is 1.36. The largest absolute Gasteiger partial charge is 0.358 e. The fourth-order valence-corrected chi connectivity index (χ4v) is 5.39. The van der Waals surface area contributed by atoms with Crippen LogP contribution in [0.3, 0.4) is 0 Å². The maximum atomic E-state index is 13.5. The Morgan fingerprint density at radius 3 is 2.52 bits per heavy atom. The summed E-state index contributed by atoms with van der Waals surface area (Å²) in [6.07, 6.45) is 10.2. The second kappa shape index (κ2) is 13.6. The second-order valence-electron chi connectivity index (χ2n) is 10.2. The minimum absolute atomic E-state index is 0.0579. The van der Waals surface area contributed by atoms with Crippen LogP contribution >= 0.6 is 23.2 Å². The van der Waals surface area contributed by atoms with E-state index in [1.165, 1.54) is 19.3 Å². The molecule has 40 heavy (non-hydrogen) atoms. The Morgan fingerprint density at radius 1 is 0.950 bits per heavy atom. The van der Waals surface area contributed by atoms with E-state index in [2.05, 4.69) is 26.1 Å². The van der Waals surface area contributed by atoms with Gasteiger partial charge in [-0.3, -0.25) is 9.89 Å². The lowest BCUT2D eigenvalue weighted by atomic mass is 9.84. The molecule has 0 bridgehead atoms. The molecule has 0 saturated heterocycles. The SMILES string of the molecule is O=C(NCc1ccc(Cl)cc1)C(CC1CCCCC1)Nc1cc(-c2cn[nH]c2)nc(NCc2cccc(Cl)c2)n1. The third-order valence-corrected chi connectivity index (χ3v) is 7.66. The van der Waals surface area contributed by atoms with E-state index >= 15 is 0 Å². The van der Waals surface area contributed by atoms with Crippen molar-refractivity contribution < 1.29 is 4.79 Å². The molecule has 1 unspecified atom stereocenters. The van der Waals surface area contributed by atoms with Crippen LogP contribution in [0.4, 0.5) is 11.8 Å². The van der Waals surface area contributed by atoms with E-state index in [1.807, 2.05) is 54.6 Å². The van der Waals surface area contributed by atoms with Crippen molar-refractivity contribution >= 4 is 40.9 Å². The number of aromatic nitrogens is 4. The molecule has 1 saturated carbocycles. The molecule has 1 fully saturated rings. The van der Waals surface area contributed by atoms with Crippen molar-refractivity contribution in [1.82, 2.24) is 25.5 Å². The van der Waals surface area contributed by atoms with E-state index in [0.717, 1.165) is 36.0 Å². The van der Waals surface area contributed by atoms with Gasteiger partial charge >= 0.3 is 0 Å². The van der Waals surface area contributed by atoms with Gasteiger partial charge in [0, 0.05) is 41.0 Å². The van der Waals surface area contributed by atoms with E-state index in [1.54, 1.807) is 12.4 Å². The first-order chi connectivity index (χ1) is 19.5. The van der Waals surface area contributed by atoms with E-state index in [-0.39, 0.29) is 5.91 Å². The van der Waals surface area contributed by atoms with E-state index in [0.29, 0.717) is 46.5 Å². The summed E-state index contributed by atoms with van der Waals surface area (Å²) in [5.41, 5.74) is 3.52. The van der Waals surface area contributed by atoms with Crippen LogP contribution in [0.1, 0.15) is 49.7 Å². The van der Waals surface area contributed by atoms with E-state index < -0.39 is 6.04 Å². The molecular weight excluding hydrogens is 545 g/mol. The molecule has 0 radical (unpaired) electrons. The Morgan fingerprint density at radius 2 is 1.77 bits per heavy atom. The molecule has 0 aliphatic heterocycles. The molecule has 2 aromatic heterocycles. The molecule has 1 atom stereocenters. The minimum atomic E-state index is -0.441. The number of halogens is 2. The Hall–Kier alpha value is -3.62. The van der Waals surface area contributed by atoms with Crippen LogP contribution in [0.2, 0.25) is 10.0 Å². The standard InChI is InChI=1S/C30H33Cl2N7O/c31-24-11-9-21(10-12-24)16-33-29(40)27(14-20-5-2-1-3-6-20)37-28-15-26(23-18-35-36-19-23)38-30(39-28)34-17-22-7-4-8-25(32)13-22/h4,7-13,15,18-20,27H,1-3,5-6,14,16-17H2,(H,33,40)(H,35,36)(H2,34,37,38,39). The minimum Gasteiger partial charge on any atom is -0.358 e. The highest BCUT2D eigenvalue weighted by Crippen LogP contribution is 2.29. The summed E-state index contributed by atoms with van der Waals surface area (Å²) < 4.78 is 0. The topological polar surface area (TPSA) is 108 Å². The van der Waals surface area contributed by atoms with Crippen LogP contribution in [0.15, 0.2) is 67.0 Å². The van der Waals surface area contributed by atoms with Gasteiger partial charge in [-0.15, -0.1) is 0 Å². The van der Waals surface area contributed by atoms with Crippen molar-refractivity contribution in [3.8, 4) is 11.3 Å². The van der Waals surface area contributed by atoms with Crippen LogP contribution in [0.5, 0.6) is 0 Å². The van der Waals surface area contributed by atoms with Crippen LogP contribution in [0, 0.1) is 5.92 Å². The first-order valence-corrected chi connectivity index (χ1v) is 14.4. The van der Waals surface area contributed by atoms with Gasteiger partial charge in [0.25, 0.3) is 0 Å². The smallest absolute Gasteiger partial charge is 0.242 e. The summed E-state index contributed by atoms with van der Waals surface area (Å²) in [4.78, 5) is 22.9. The highest BCUT2D eigenvalue weighted by molar-refractivity contribution is 6.30. The highest BCUT2D eigenvalue weighted by atomic mass is 35.5. The van der Waals surface area contributed by atoms with Gasteiger partial charge in [0.2, 0.25) is 11.9 Å². The number of hydrogen-bond donors (Lipinski definition) is 4. The summed E-state index contributed by atoms with van der Waals surface area (Å²) in [6, 6.07) is 16.6. The second-order valence-corrected chi connectivity index (χ2v) is 11.1. The van der Waals surface area contributed by atoms with Crippen molar-refractivity contribution in [2.24, 2.45) is 5.92 Å². The average Bonchev–Trinajstić information content (AvgIpc) is 3.51. The number of carbonyl (C=O) groups excluding carboxylic acids is 1. The molecule has 5 rings (SSSR count). The average molecular weight is 579 g/mol. The van der Waals surface area contributed by atoms with Gasteiger partial charge in [-0.05, 0) is 47.7 Å². The number of hydrogen-bond acceptors (Lipinski definition) is 6. The lowest BCUT2D eigenvalue weighted by molar-refractivity contribution is -0.122. The van der Waals surface area contributed by atoms with E-state index in [4.69, 9.17) is 33.2 Å². The lowest BCUT2D eigenvalue weighted by Crippen LogP contribution is -2.41.